The largest absolute Gasteiger partial charge is 0.477 e. The molecular weight excluding hydrogens is 397 g/mol. The number of rotatable bonds is 2. The Morgan fingerprint density at radius 2 is 1.89 bits per heavy atom. The lowest BCUT2D eigenvalue weighted by Gasteiger charge is -2.36. The lowest BCUT2D eigenvalue weighted by atomic mass is 10.1. The lowest BCUT2D eigenvalue weighted by Crippen LogP contribution is -2.45. The molecule has 10 heteroatoms. The molecule has 0 unspecified atom stereocenters. The van der Waals surface area contributed by atoms with Gasteiger partial charge in [0.2, 0.25) is 5.43 Å². The van der Waals surface area contributed by atoms with Crippen LogP contribution in [0.1, 0.15) is 10.4 Å². The van der Waals surface area contributed by atoms with Crippen molar-refractivity contribution >= 4 is 46.7 Å². The average molecular weight is 418 g/mol. The van der Waals surface area contributed by atoms with Crippen molar-refractivity contribution in [2.24, 2.45) is 0 Å². The van der Waals surface area contributed by atoms with Crippen molar-refractivity contribution in [3.8, 4) is 0 Å². The number of aromatic carboxylic acids is 1. The van der Waals surface area contributed by atoms with Crippen LogP contribution in [0, 0.1) is 5.82 Å². The fourth-order valence-electron chi connectivity index (χ4n) is 3.52. The summed E-state index contributed by atoms with van der Waals surface area (Å²) in [4.78, 5) is 28.8. The van der Waals surface area contributed by atoms with Gasteiger partial charge in [-0.05, 0) is 13.1 Å². The van der Waals surface area contributed by atoms with Gasteiger partial charge in [0.15, 0.2) is 0 Å². The molecule has 0 radical (unpaired) electrons. The van der Waals surface area contributed by atoms with Crippen LogP contribution in [0.2, 0.25) is 0 Å². The van der Waals surface area contributed by atoms with Crippen LogP contribution in [0.15, 0.2) is 22.0 Å². The van der Waals surface area contributed by atoms with Gasteiger partial charge in [0, 0.05) is 44.7 Å². The first kappa shape index (κ1) is 21.5. The summed E-state index contributed by atoms with van der Waals surface area (Å²) >= 11 is 1.54. The van der Waals surface area contributed by atoms with E-state index >= 15 is 0 Å². The Morgan fingerprint density at radius 3 is 2.52 bits per heavy atom. The number of pyridine rings is 1. The van der Waals surface area contributed by atoms with Crippen molar-refractivity contribution in [2.75, 3.05) is 43.9 Å². The molecule has 2 aliphatic rings. The summed E-state index contributed by atoms with van der Waals surface area (Å²) in [6, 6.07) is 1.21. The summed E-state index contributed by atoms with van der Waals surface area (Å²) in [6.07, 6.45) is 1.39. The summed E-state index contributed by atoms with van der Waals surface area (Å²) in [5.74, 6) is -1.01. The van der Waals surface area contributed by atoms with Crippen LogP contribution < -0.4 is 10.3 Å². The van der Waals surface area contributed by atoms with Crippen molar-refractivity contribution < 1.29 is 19.8 Å². The number of anilines is 1. The molecular formula is C17H21ClFN3O4S. The number of hydrogen-bond donors (Lipinski definition) is 1. The van der Waals surface area contributed by atoms with Gasteiger partial charge in [0.1, 0.15) is 11.4 Å². The third-order valence-corrected chi connectivity index (χ3v) is 5.93. The van der Waals surface area contributed by atoms with Gasteiger partial charge in [0.25, 0.3) is 0 Å². The van der Waals surface area contributed by atoms with E-state index in [0.29, 0.717) is 23.5 Å². The van der Waals surface area contributed by atoms with Crippen molar-refractivity contribution in [3.05, 3.63) is 33.9 Å². The number of carboxylic acids is 1. The van der Waals surface area contributed by atoms with Crippen LogP contribution in [-0.2, 0) is 6.54 Å². The van der Waals surface area contributed by atoms with Gasteiger partial charge in [-0.15, -0.1) is 24.2 Å². The van der Waals surface area contributed by atoms with Crippen LogP contribution in [0.5, 0.6) is 0 Å². The number of benzene rings is 1. The lowest BCUT2D eigenvalue weighted by molar-refractivity contribution is 0.0695. The summed E-state index contributed by atoms with van der Waals surface area (Å²) in [7, 11) is 2.04. The van der Waals surface area contributed by atoms with Crippen molar-refractivity contribution in [2.45, 2.75) is 11.4 Å². The number of carbonyl (C=O) groups is 1. The van der Waals surface area contributed by atoms with Crippen LogP contribution in [0.4, 0.5) is 10.1 Å². The number of hydrogen-bond acceptors (Lipinski definition) is 5. The minimum atomic E-state index is -1.28. The first-order chi connectivity index (χ1) is 12.0. The number of aryl methyl sites for hydroxylation is 1. The zero-order valence-corrected chi connectivity index (χ0v) is 16.3. The van der Waals surface area contributed by atoms with E-state index in [1.54, 1.807) is 4.57 Å². The number of nitrogens with zero attached hydrogens (tertiary/aromatic N) is 3. The Kier molecular flexibility index (Phi) is 6.41. The molecule has 0 atom stereocenters. The molecule has 148 valence electrons. The SMILES string of the molecule is CN1CCN(c2c(F)cc3c(=O)c(C(=O)O)cn4c3c2SCC4)CC1.Cl.O. The predicted molar refractivity (Wildman–Crippen MR) is 106 cm³/mol. The number of thioether (sulfide) groups is 1. The standard InChI is InChI=1S/C17H18FN3O3S.ClH.H2O/c1-19-2-4-20(5-3-19)14-12(18)8-10-13-16(14)25-7-6-21(13)9-11(15(10)22)17(23)24;;/h8-9H,2-7H2,1H3,(H,23,24);1H;1H2. The van der Waals surface area contributed by atoms with Crippen molar-refractivity contribution in [3.63, 3.8) is 0 Å². The average Bonchev–Trinajstić information content (AvgIpc) is 2.58. The molecule has 1 saturated heterocycles. The maximum atomic E-state index is 15.0. The van der Waals surface area contributed by atoms with Gasteiger partial charge < -0.3 is 24.9 Å². The molecule has 2 aliphatic heterocycles. The zero-order chi connectivity index (χ0) is 17.7. The normalized spacial score (nSPS) is 16.6. The first-order valence-electron chi connectivity index (χ1n) is 8.16. The van der Waals surface area contributed by atoms with E-state index in [0.717, 1.165) is 31.1 Å². The Hall–Kier alpha value is -1.81. The second-order valence-corrected chi connectivity index (χ2v) is 7.55. The number of likely N-dealkylation sites (N-methyl/N-ethyl adjacent to an activating group) is 1. The molecule has 0 amide bonds. The van der Waals surface area contributed by atoms with Gasteiger partial charge in [-0.3, -0.25) is 4.79 Å². The molecule has 3 heterocycles. The van der Waals surface area contributed by atoms with E-state index in [4.69, 9.17) is 0 Å². The summed E-state index contributed by atoms with van der Waals surface area (Å²) in [6.45, 7) is 3.76. The molecule has 7 nitrogen and oxygen atoms in total. The van der Waals surface area contributed by atoms with E-state index in [9.17, 15) is 19.1 Å². The number of halogens is 2. The maximum Gasteiger partial charge on any atom is 0.341 e. The second kappa shape index (κ2) is 8.05. The smallest absolute Gasteiger partial charge is 0.341 e. The Bertz CT molecular complexity index is 944. The van der Waals surface area contributed by atoms with Gasteiger partial charge >= 0.3 is 5.97 Å². The molecule has 2 aromatic rings. The maximum absolute atomic E-state index is 15.0. The minimum absolute atomic E-state index is 0. The quantitative estimate of drug-likeness (QED) is 0.790. The Labute approximate surface area is 165 Å². The predicted octanol–water partition coefficient (Wildman–Crippen LogP) is 1.29. The van der Waals surface area contributed by atoms with Crippen LogP contribution >= 0.6 is 24.2 Å². The van der Waals surface area contributed by atoms with Gasteiger partial charge in [-0.1, -0.05) is 0 Å². The molecule has 4 rings (SSSR count). The first-order valence-corrected chi connectivity index (χ1v) is 9.15. The summed E-state index contributed by atoms with van der Waals surface area (Å²) in [5.41, 5.74) is 0.270. The number of aromatic nitrogens is 1. The fraction of sp³-hybridized carbons (Fsp3) is 0.412. The third kappa shape index (κ3) is 3.52. The highest BCUT2D eigenvalue weighted by Crippen LogP contribution is 2.41. The Morgan fingerprint density at radius 1 is 1.22 bits per heavy atom. The van der Waals surface area contributed by atoms with Crippen molar-refractivity contribution in [1.82, 2.24) is 9.47 Å². The molecule has 1 aromatic carbocycles. The zero-order valence-electron chi connectivity index (χ0n) is 14.7. The van der Waals surface area contributed by atoms with E-state index < -0.39 is 17.2 Å². The van der Waals surface area contributed by atoms with Crippen molar-refractivity contribution in [1.29, 1.82) is 0 Å². The number of piperazine rings is 1. The monoisotopic (exact) mass is 417 g/mol. The molecule has 3 N–H and O–H groups in total. The number of carboxylic acid groups (broad SMARTS) is 1. The third-order valence-electron chi connectivity index (χ3n) is 4.87. The second-order valence-electron chi connectivity index (χ2n) is 6.44. The molecule has 27 heavy (non-hydrogen) atoms. The topological polar surface area (TPSA) is 97.3 Å². The molecule has 0 aliphatic carbocycles. The van der Waals surface area contributed by atoms with Crippen LogP contribution in [0.3, 0.4) is 0 Å². The molecule has 0 bridgehead atoms. The van der Waals surface area contributed by atoms with E-state index in [1.807, 2.05) is 11.9 Å². The highest BCUT2D eigenvalue weighted by Gasteiger charge is 2.28. The van der Waals surface area contributed by atoms with Crippen LogP contribution in [-0.4, -0.2) is 65.0 Å². The highest BCUT2D eigenvalue weighted by molar-refractivity contribution is 7.99. The van der Waals surface area contributed by atoms with Gasteiger partial charge in [0.05, 0.1) is 21.5 Å². The highest BCUT2D eigenvalue weighted by atomic mass is 35.5. The minimum Gasteiger partial charge on any atom is -0.477 e. The van der Waals surface area contributed by atoms with Gasteiger partial charge in [-0.25, -0.2) is 9.18 Å². The fourth-order valence-corrected chi connectivity index (χ4v) is 4.74. The summed E-state index contributed by atoms with van der Waals surface area (Å²) < 4.78 is 16.7. The van der Waals surface area contributed by atoms with Crippen LogP contribution in [0.25, 0.3) is 10.9 Å². The van der Waals surface area contributed by atoms with E-state index in [-0.39, 0.29) is 28.8 Å². The molecule has 0 saturated carbocycles. The molecule has 1 fully saturated rings. The Balaban J connectivity index is 0.00000131. The van der Waals surface area contributed by atoms with E-state index in [1.165, 1.54) is 24.0 Å². The molecule has 0 spiro atoms. The summed E-state index contributed by atoms with van der Waals surface area (Å²) in [5, 5.41) is 9.41. The van der Waals surface area contributed by atoms with Gasteiger partial charge in [-0.2, -0.15) is 0 Å². The molecule has 1 aromatic heterocycles. The van der Waals surface area contributed by atoms with E-state index in [2.05, 4.69) is 4.90 Å².